The second-order valence-electron chi connectivity index (χ2n) is 7.23. The van der Waals surface area contributed by atoms with Crippen LogP contribution in [0.1, 0.15) is 17.5 Å². The van der Waals surface area contributed by atoms with Gasteiger partial charge in [0.25, 0.3) is 5.91 Å². The molecule has 0 fully saturated rings. The van der Waals surface area contributed by atoms with Gasteiger partial charge in [-0.2, -0.15) is 5.10 Å². The maximum atomic E-state index is 13.3. The van der Waals surface area contributed by atoms with Crippen molar-refractivity contribution >= 4 is 11.6 Å². The SMILES string of the molecule is CN(Cc1cnn(-c2ccc(F)cc2)c1)C(=O)C1CC(Cc2cccc(F)c2)=NO1. The summed E-state index contributed by atoms with van der Waals surface area (Å²) in [6.07, 6.45) is 3.57. The number of benzene rings is 2. The van der Waals surface area contributed by atoms with E-state index >= 15 is 0 Å². The van der Waals surface area contributed by atoms with Crippen molar-refractivity contribution in [3.8, 4) is 5.69 Å². The molecule has 0 saturated heterocycles. The lowest BCUT2D eigenvalue weighted by molar-refractivity contribution is -0.141. The Bertz CT molecular complexity index is 1080. The van der Waals surface area contributed by atoms with Crippen molar-refractivity contribution in [3.05, 3.63) is 83.7 Å². The third-order valence-electron chi connectivity index (χ3n) is 4.83. The zero-order valence-electron chi connectivity index (χ0n) is 16.3. The van der Waals surface area contributed by atoms with E-state index in [1.807, 2.05) is 6.07 Å². The molecule has 1 amide bonds. The first-order valence-electron chi connectivity index (χ1n) is 9.48. The summed E-state index contributed by atoms with van der Waals surface area (Å²) in [5.74, 6) is -0.810. The lowest BCUT2D eigenvalue weighted by Crippen LogP contribution is -2.36. The lowest BCUT2D eigenvalue weighted by atomic mass is 10.0. The topological polar surface area (TPSA) is 59.7 Å². The van der Waals surface area contributed by atoms with Crippen molar-refractivity contribution in [1.29, 1.82) is 0 Å². The first-order valence-corrected chi connectivity index (χ1v) is 9.48. The van der Waals surface area contributed by atoms with Gasteiger partial charge in [-0.15, -0.1) is 0 Å². The summed E-state index contributed by atoms with van der Waals surface area (Å²) >= 11 is 0. The molecule has 2 aromatic carbocycles. The van der Waals surface area contributed by atoms with Gasteiger partial charge in [0, 0.05) is 38.2 Å². The molecule has 0 bridgehead atoms. The number of carbonyl (C=O) groups is 1. The minimum atomic E-state index is -0.689. The normalized spacial score (nSPS) is 15.6. The third-order valence-corrected chi connectivity index (χ3v) is 4.83. The number of carbonyl (C=O) groups excluding carboxylic acids is 1. The number of amides is 1. The molecular formula is C22H20F2N4O2. The summed E-state index contributed by atoms with van der Waals surface area (Å²) in [5, 5.41) is 8.27. The standard InChI is InChI=1S/C22H20F2N4O2/c1-27(13-16-12-25-28(14-16)20-7-5-17(23)6-8-20)22(29)21-11-19(26-30-21)10-15-3-2-4-18(24)9-15/h2-9,12,14,21H,10-11,13H2,1H3. The van der Waals surface area contributed by atoms with Gasteiger partial charge in [0.15, 0.2) is 0 Å². The number of oxime groups is 1. The van der Waals surface area contributed by atoms with Gasteiger partial charge in [-0.1, -0.05) is 17.3 Å². The first-order chi connectivity index (χ1) is 14.5. The van der Waals surface area contributed by atoms with E-state index in [9.17, 15) is 13.6 Å². The van der Waals surface area contributed by atoms with Gasteiger partial charge in [-0.05, 0) is 42.0 Å². The van der Waals surface area contributed by atoms with Crippen molar-refractivity contribution in [2.75, 3.05) is 7.05 Å². The van der Waals surface area contributed by atoms with Gasteiger partial charge >= 0.3 is 0 Å². The van der Waals surface area contributed by atoms with E-state index in [4.69, 9.17) is 4.84 Å². The van der Waals surface area contributed by atoms with Gasteiger partial charge < -0.3 is 9.74 Å². The molecular weight excluding hydrogens is 390 g/mol. The molecule has 0 saturated carbocycles. The maximum absolute atomic E-state index is 13.3. The summed E-state index contributed by atoms with van der Waals surface area (Å²) < 4.78 is 28.0. The molecule has 2 heterocycles. The molecule has 1 aliphatic heterocycles. The van der Waals surface area contributed by atoms with Crippen molar-refractivity contribution < 1.29 is 18.4 Å². The Morgan fingerprint density at radius 3 is 2.73 bits per heavy atom. The summed E-state index contributed by atoms with van der Waals surface area (Å²) in [4.78, 5) is 19.6. The highest BCUT2D eigenvalue weighted by molar-refractivity contribution is 5.93. The van der Waals surface area contributed by atoms with E-state index in [0.29, 0.717) is 25.1 Å². The molecule has 0 spiro atoms. The summed E-state index contributed by atoms with van der Waals surface area (Å²) in [5.41, 5.74) is 3.05. The van der Waals surface area contributed by atoms with Crippen molar-refractivity contribution in [3.63, 3.8) is 0 Å². The van der Waals surface area contributed by atoms with E-state index in [0.717, 1.165) is 16.8 Å². The fraction of sp³-hybridized carbons (Fsp3) is 0.227. The number of nitrogens with zero attached hydrogens (tertiary/aromatic N) is 4. The molecule has 3 aromatic rings. The highest BCUT2D eigenvalue weighted by Crippen LogP contribution is 2.18. The van der Waals surface area contributed by atoms with E-state index in [1.165, 1.54) is 24.3 Å². The van der Waals surface area contributed by atoms with Crippen LogP contribution in [0.15, 0.2) is 66.1 Å². The van der Waals surface area contributed by atoms with Crippen LogP contribution in [-0.4, -0.2) is 39.5 Å². The van der Waals surface area contributed by atoms with Crippen molar-refractivity contribution in [2.24, 2.45) is 5.16 Å². The molecule has 30 heavy (non-hydrogen) atoms. The highest BCUT2D eigenvalue weighted by atomic mass is 19.1. The van der Waals surface area contributed by atoms with Crippen LogP contribution in [0.5, 0.6) is 0 Å². The number of hydrogen-bond acceptors (Lipinski definition) is 4. The third kappa shape index (κ3) is 4.53. The van der Waals surface area contributed by atoms with E-state index < -0.39 is 6.10 Å². The average Bonchev–Trinajstić information content (AvgIpc) is 3.38. The van der Waals surface area contributed by atoms with Crippen LogP contribution in [0.2, 0.25) is 0 Å². The highest BCUT2D eigenvalue weighted by Gasteiger charge is 2.30. The Morgan fingerprint density at radius 1 is 1.17 bits per heavy atom. The van der Waals surface area contributed by atoms with E-state index in [2.05, 4.69) is 10.3 Å². The molecule has 8 heteroatoms. The van der Waals surface area contributed by atoms with Crippen molar-refractivity contribution in [1.82, 2.24) is 14.7 Å². The molecule has 0 N–H and O–H groups in total. The predicted molar refractivity (Wildman–Crippen MR) is 107 cm³/mol. The molecule has 1 unspecified atom stereocenters. The number of aromatic nitrogens is 2. The van der Waals surface area contributed by atoms with Crippen LogP contribution in [0.4, 0.5) is 8.78 Å². The van der Waals surface area contributed by atoms with Crippen molar-refractivity contribution in [2.45, 2.75) is 25.5 Å². The molecule has 0 radical (unpaired) electrons. The summed E-state index contributed by atoms with van der Waals surface area (Å²) in [6.45, 7) is 0.346. The average molecular weight is 410 g/mol. The number of likely N-dealkylation sites (N-methyl/N-ethyl adjacent to an activating group) is 1. The fourth-order valence-electron chi connectivity index (χ4n) is 3.32. The van der Waals surface area contributed by atoms with Crippen LogP contribution in [0, 0.1) is 11.6 Å². The zero-order valence-corrected chi connectivity index (χ0v) is 16.3. The second kappa shape index (κ2) is 8.44. The second-order valence-corrected chi connectivity index (χ2v) is 7.23. The number of hydrogen-bond donors (Lipinski definition) is 0. The summed E-state index contributed by atoms with van der Waals surface area (Å²) in [6, 6.07) is 12.3. The van der Waals surface area contributed by atoms with Crippen LogP contribution in [-0.2, 0) is 22.6 Å². The van der Waals surface area contributed by atoms with Crippen LogP contribution >= 0.6 is 0 Å². The minimum Gasteiger partial charge on any atom is -0.382 e. The predicted octanol–water partition coefficient (Wildman–Crippen LogP) is 3.50. The zero-order chi connectivity index (χ0) is 21.1. The lowest BCUT2D eigenvalue weighted by Gasteiger charge is -2.19. The number of rotatable bonds is 6. The van der Waals surface area contributed by atoms with Gasteiger partial charge in [0.05, 0.1) is 17.6 Å². The molecule has 0 aliphatic carbocycles. The van der Waals surface area contributed by atoms with Gasteiger partial charge in [-0.3, -0.25) is 4.79 Å². The quantitative estimate of drug-likeness (QED) is 0.625. The fourth-order valence-corrected chi connectivity index (χ4v) is 3.32. The Hall–Kier alpha value is -3.55. The molecule has 4 rings (SSSR count). The van der Waals surface area contributed by atoms with E-state index in [1.54, 1.807) is 47.2 Å². The summed E-state index contributed by atoms with van der Waals surface area (Å²) in [7, 11) is 1.69. The van der Waals surface area contributed by atoms with Crippen LogP contribution in [0.25, 0.3) is 5.69 Å². The Balaban J connectivity index is 1.33. The number of halogens is 2. The molecule has 154 valence electrons. The van der Waals surface area contributed by atoms with Crippen LogP contribution < -0.4 is 0 Å². The molecule has 1 aromatic heterocycles. The monoisotopic (exact) mass is 410 g/mol. The smallest absolute Gasteiger partial charge is 0.266 e. The minimum absolute atomic E-state index is 0.192. The largest absolute Gasteiger partial charge is 0.382 e. The van der Waals surface area contributed by atoms with E-state index in [-0.39, 0.29) is 17.5 Å². The van der Waals surface area contributed by atoms with Gasteiger partial charge in [0.2, 0.25) is 6.10 Å². The van der Waals surface area contributed by atoms with Gasteiger partial charge in [0.1, 0.15) is 11.6 Å². The van der Waals surface area contributed by atoms with Crippen LogP contribution in [0.3, 0.4) is 0 Å². The Labute approximate surface area is 172 Å². The molecule has 6 nitrogen and oxygen atoms in total. The molecule has 1 atom stereocenters. The molecule has 1 aliphatic rings. The maximum Gasteiger partial charge on any atom is 0.266 e. The van der Waals surface area contributed by atoms with Gasteiger partial charge in [-0.25, -0.2) is 13.5 Å². The Morgan fingerprint density at radius 2 is 1.97 bits per heavy atom. The Kier molecular flexibility index (Phi) is 5.56. The first kappa shape index (κ1) is 19.8.